The Hall–Kier alpha value is -2.36. The number of nitrogens with two attached hydrogens (primary N) is 1. The van der Waals surface area contributed by atoms with Crippen molar-refractivity contribution < 1.29 is 4.79 Å². The molecule has 3 rings (SSSR count). The quantitative estimate of drug-likeness (QED) is 0.920. The molecule has 2 aromatic rings. The maximum Gasteiger partial charge on any atom is 0.254 e. The van der Waals surface area contributed by atoms with Gasteiger partial charge in [-0.2, -0.15) is 0 Å². The molecule has 0 unspecified atom stereocenters. The molecule has 1 atom stereocenters. The molecule has 2 heterocycles. The van der Waals surface area contributed by atoms with E-state index in [1.807, 2.05) is 47.4 Å². The van der Waals surface area contributed by atoms with Gasteiger partial charge in [0, 0.05) is 23.9 Å². The fraction of sp³-hybridized carbons (Fsp3) is 0.294. The largest absolute Gasteiger partial charge is 0.383 e. The van der Waals surface area contributed by atoms with Gasteiger partial charge < -0.3 is 10.6 Å². The molecule has 4 nitrogen and oxygen atoms in total. The van der Waals surface area contributed by atoms with Gasteiger partial charge >= 0.3 is 0 Å². The van der Waals surface area contributed by atoms with E-state index in [-0.39, 0.29) is 11.9 Å². The minimum atomic E-state index is 0.0279. The first-order chi connectivity index (χ1) is 10.3. The van der Waals surface area contributed by atoms with Crippen LogP contribution in [-0.2, 0) is 0 Å². The number of likely N-dealkylation sites (tertiary alicyclic amines) is 1. The van der Waals surface area contributed by atoms with Gasteiger partial charge in [0.15, 0.2) is 0 Å². The Labute approximate surface area is 124 Å². The van der Waals surface area contributed by atoms with Gasteiger partial charge in [-0.05, 0) is 37.5 Å². The SMILES string of the molecule is Nc1ncccc1[C@@H]1CCCCN1C(=O)c1ccccc1. The van der Waals surface area contributed by atoms with Crippen molar-refractivity contribution in [3.05, 3.63) is 59.8 Å². The molecule has 0 spiro atoms. The molecule has 108 valence electrons. The number of rotatable bonds is 2. The molecule has 4 heteroatoms. The Kier molecular flexibility index (Phi) is 3.86. The van der Waals surface area contributed by atoms with Crippen molar-refractivity contribution in [1.29, 1.82) is 0 Å². The number of anilines is 1. The van der Waals surface area contributed by atoms with Crippen molar-refractivity contribution in [2.45, 2.75) is 25.3 Å². The number of nitrogens with zero attached hydrogens (tertiary/aromatic N) is 2. The molecule has 0 aliphatic carbocycles. The molecule has 1 saturated heterocycles. The van der Waals surface area contributed by atoms with Gasteiger partial charge in [0.2, 0.25) is 0 Å². The zero-order valence-corrected chi connectivity index (χ0v) is 11.9. The summed E-state index contributed by atoms with van der Waals surface area (Å²) >= 11 is 0. The van der Waals surface area contributed by atoms with Crippen LogP contribution in [0.3, 0.4) is 0 Å². The summed E-state index contributed by atoms with van der Waals surface area (Å²) in [4.78, 5) is 18.9. The average Bonchev–Trinajstić information content (AvgIpc) is 2.55. The number of hydrogen-bond donors (Lipinski definition) is 1. The standard InChI is InChI=1S/C17H19N3O/c18-16-14(9-6-11-19-16)15-10-4-5-12-20(15)17(21)13-7-2-1-3-8-13/h1-3,6-9,11,15H,4-5,10,12H2,(H2,18,19)/t15-/m0/s1. The maximum atomic E-state index is 12.8. The molecular formula is C17H19N3O. The highest BCUT2D eigenvalue weighted by Gasteiger charge is 2.29. The van der Waals surface area contributed by atoms with Gasteiger partial charge in [-0.15, -0.1) is 0 Å². The van der Waals surface area contributed by atoms with Crippen LogP contribution in [0, 0.1) is 0 Å². The van der Waals surface area contributed by atoms with Crippen molar-refractivity contribution in [3.8, 4) is 0 Å². The lowest BCUT2D eigenvalue weighted by Crippen LogP contribution is -2.38. The number of aromatic nitrogens is 1. The van der Waals surface area contributed by atoms with Crippen LogP contribution >= 0.6 is 0 Å². The molecule has 1 aliphatic rings. The fourth-order valence-corrected chi connectivity index (χ4v) is 2.96. The summed E-state index contributed by atoms with van der Waals surface area (Å²) in [7, 11) is 0. The minimum absolute atomic E-state index is 0.0279. The summed E-state index contributed by atoms with van der Waals surface area (Å²) < 4.78 is 0. The number of pyridine rings is 1. The maximum absolute atomic E-state index is 12.8. The van der Waals surface area contributed by atoms with Crippen LogP contribution in [-0.4, -0.2) is 22.3 Å². The number of hydrogen-bond acceptors (Lipinski definition) is 3. The Balaban J connectivity index is 1.92. The molecule has 0 bridgehead atoms. The van der Waals surface area contributed by atoms with Crippen LogP contribution in [0.4, 0.5) is 5.82 Å². The zero-order valence-electron chi connectivity index (χ0n) is 11.9. The predicted octanol–water partition coefficient (Wildman–Crippen LogP) is 3.03. The number of carbonyl (C=O) groups is 1. The molecule has 0 radical (unpaired) electrons. The third-order valence-corrected chi connectivity index (χ3v) is 4.01. The molecule has 1 fully saturated rings. The second-order valence-corrected chi connectivity index (χ2v) is 5.35. The highest BCUT2D eigenvalue weighted by atomic mass is 16.2. The van der Waals surface area contributed by atoms with E-state index < -0.39 is 0 Å². The van der Waals surface area contributed by atoms with E-state index in [4.69, 9.17) is 5.73 Å². The Morgan fingerprint density at radius 1 is 1.14 bits per heavy atom. The summed E-state index contributed by atoms with van der Waals surface area (Å²) in [5.41, 5.74) is 7.69. The second-order valence-electron chi connectivity index (χ2n) is 5.35. The van der Waals surface area contributed by atoms with Crippen molar-refractivity contribution in [3.63, 3.8) is 0 Å². The van der Waals surface area contributed by atoms with Crippen LogP contribution in [0.5, 0.6) is 0 Å². The number of carbonyl (C=O) groups excluding carboxylic acids is 1. The minimum Gasteiger partial charge on any atom is -0.383 e. The van der Waals surface area contributed by atoms with E-state index in [1.54, 1.807) is 6.20 Å². The lowest BCUT2D eigenvalue weighted by molar-refractivity contribution is 0.0612. The van der Waals surface area contributed by atoms with Crippen molar-refractivity contribution in [2.75, 3.05) is 12.3 Å². The van der Waals surface area contributed by atoms with Crippen LogP contribution in [0.2, 0.25) is 0 Å². The molecule has 1 aliphatic heterocycles. The molecular weight excluding hydrogens is 262 g/mol. The smallest absolute Gasteiger partial charge is 0.254 e. The van der Waals surface area contributed by atoms with Gasteiger partial charge in [-0.25, -0.2) is 4.98 Å². The van der Waals surface area contributed by atoms with Gasteiger partial charge in [-0.1, -0.05) is 24.3 Å². The van der Waals surface area contributed by atoms with Gasteiger partial charge in [0.05, 0.1) is 6.04 Å². The first-order valence-electron chi connectivity index (χ1n) is 7.34. The first-order valence-corrected chi connectivity index (χ1v) is 7.34. The second kappa shape index (κ2) is 5.95. The molecule has 1 amide bonds. The fourth-order valence-electron chi connectivity index (χ4n) is 2.96. The first kappa shape index (κ1) is 13.6. The van der Waals surface area contributed by atoms with E-state index in [1.165, 1.54) is 0 Å². The Morgan fingerprint density at radius 2 is 1.95 bits per heavy atom. The van der Waals surface area contributed by atoms with E-state index in [9.17, 15) is 4.79 Å². The van der Waals surface area contributed by atoms with Crippen molar-refractivity contribution >= 4 is 11.7 Å². The predicted molar refractivity (Wildman–Crippen MR) is 82.7 cm³/mol. The highest BCUT2D eigenvalue weighted by molar-refractivity contribution is 5.94. The third kappa shape index (κ3) is 2.75. The number of nitrogen functional groups attached to an aromatic ring is 1. The molecule has 21 heavy (non-hydrogen) atoms. The topological polar surface area (TPSA) is 59.2 Å². The normalized spacial score (nSPS) is 18.5. The Morgan fingerprint density at radius 3 is 2.71 bits per heavy atom. The number of amides is 1. The van der Waals surface area contributed by atoms with E-state index in [0.29, 0.717) is 5.82 Å². The lowest BCUT2D eigenvalue weighted by atomic mass is 9.94. The third-order valence-electron chi connectivity index (χ3n) is 4.01. The van der Waals surface area contributed by atoms with Crippen LogP contribution < -0.4 is 5.73 Å². The summed E-state index contributed by atoms with van der Waals surface area (Å²) in [5.74, 6) is 0.596. The van der Waals surface area contributed by atoms with Crippen molar-refractivity contribution in [2.24, 2.45) is 0 Å². The molecule has 1 aromatic heterocycles. The number of piperidine rings is 1. The van der Waals surface area contributed by atoms with Crippen LogP contribution in [0.25, 0.3) is 0 Å². The lowest BCUT2D eigenvalue weighted by Gasteiger charge is -2.36. The van der Waals surface area contributed by atoms with Crippen LogP contribution in [0.1, 0.15) is 41.2 Å². The van der Waals surface area contributed by atoms with E-state index >= 15 is 0 Å². The summed E-state index contributed by atoms with van der Waals surface area (Å²) in [5, 5.41) is 0. The van der Waals surface area contributed by atoms with Crippen molar-refractivity contribution in [1.82, 2.24) is 9.88 Å². The van der Waals surface area contributed by atoms with E-state index in [0.717, 1.165) is 36.9 Å². The molecule has 2 N–H and O–H groups in total. The molecule has 1 aromatic carbocycles. The number of benzene rings is 1. The average molecular weight is 281 g/mol. The summed E-state index contributed by atoms with van der Waals surface area (Å²) in [6, 6.07) is 13.3. The summed E-state index contributed by atoms with van der Waals surface area (Å²) in [6.07, 6.45) is 4.77. The van der Waals surface area contributed by atoms with E-state index in [2.05, 4.69) is 4.98 Å². The van der Waals surface area contributed by atoms with Gasteiger partial charge in [0.1, 0.15) is 5.82 Å². The van der Waals surface area contributed by atoms with Gasteiger partial charge in [-0.3, -0.25) is 4.79 Å². The van der Waals surface area contributed by atoms with Crippen LogP contribution in [0.15, 0.2) is 48.7 Å². The molecule has 0 saturated carbocycles. The highest BCUT2D eigenvalue weighted by Crippen LogP contribution is 2.34. The zero-order chi connectivity index (χ0) is 14.7. The van der Waals surface area contributed by atoms with Gasteiger partial charge in [0.25, 0.3) is 5.91 Å². The summed E-state index contributed by atoms with van der Waals surface area (Å²) in [6.45, 7) is 0.771. The Bertz CT molecular complexity index is 627. The monoisotopic (exact) mass is 281 g/mol.